The van der Waals surface area contributed by atoms with E-state index in [9.17, 15) is 19.2 Å². The molecule has 0 spiro atoms. The Morgan fingerprint density at radius 1 is 1.13 bits per heavy atom. The molecular formula is C27H27N3O7S. The fourth-order valence-electron chi connectivity index (χ4n) is 5.06. The van der Waals surface area contributed by atoms with Crippen molar-refractivity contribution in [2.75, 3.05) is 18.1 Å². The highest BCUT2D eigenvalue weighted by atomic mass is 32.2. The second-order valence-corrected chi connectivity index (χ2v) is 10.4. The van der Waals surface area contributed by atoms with Crippen LogP contribution in [0.1, 0.15) is 35.3 Å². The van der Waals surface area contributed by atoms with Gasteiger partial charge in [-0.15, -0.1) is 11.8 Å². The van der Waals surface area contributed by atoms with Crippen LogP contribution in [0.25, 0.3) is 11.1 Å². The first-order chi connectivity index (χ1) is 18.3. The van der Waals surface area contributed by atoms with Gasteiger partial charge in [-0.3, -0.25) is 19.1 Å². The average molecular weight is 538 g/mol. The SMILES string of the molecule is Cc1cn([C@H]2C[C@H](NC(=O)OCC3c4ccccc4-c4ccccc43)[C@@H](CSCC(=O)O)O2)c(=O)[nH]c1=O. The maximum absolute atomic E-state index is 12.9. The Morgan fingerprint density at radius 2 is 1.79 bits per heavy atom. The van der Waals surface area contributed by atoms with Crippen LogP contribution >= 0.6 is 11.8 Å². The molecule has 3 aromatic rings. The van der Waals surface area contributed by atoms with Gasteiger partial charge >= 0.3 is 17.8 Å². The van der Waals surface area contributed by atoms with E-state index < -0.39 is 41.7 Å². The minimum absolute atomic E-state index is 0.0923. The van der Waals surface area contributed by atoms with E-state index >= 15 is 0 Å². The van der Waals surface area contributed by atoms with Crippen LogP contribution in [0.2, 0.25) is 0 Å². The van der Waals surface area contributed by atoms with Gasteiger partial charge in [0, 0.05) is 29.9 Å². The Morgan fingerprint density at radius 3 is 2.45 bits per heavy atom. The predicted molar refractivity (Wildman–Crippen MR) is 142 cm³/mol. The zero-order valence-electron chi connectivity index (χ0n) is 20.6. The number of fused-ring (bicyclic) bond motifs is 3. The summed E-state index contributed by atoms with van der Waals surface area (Å²) >= 11 is 1.15. The minimum Gasteiger partial charge on any atom is -0.481 e. The molecule has 11 heteroatoms. The van der Waals surface area contributed by atoms with Crippen LogP contribution in [0.4, 0.5) is 4.79 Å². The van der Waals surface area contributed by atoms with Gasteiger partial charge < -0.3 is 19.9 Å². The van der Waals surface area contributed by atoms with Crippen molar-refractivity contribution in [1.29, 1.82) is 0 Å². The van der Waals surface area contributed by atoms with E-state index in [0.717, 1.165) is 34.0 Å². The monoisotopic (exact) mass is 537 g/mol. The second kappa shape index (κ2) is 10.9. The number of H-pyrrole nitrogens is 1. The molecule has 0 radical (unpaired) electrons. The summed E-state index contributed by atoms with van der Waals surface area (Å²) in [5.41, 5.74) is 3.69. The lowest BCUT2D eigenvalue weighted by Gasteiger charge is -2.20. The largest absolute Gasteiger partial charge is 0.481 e. The van der Waals surface area contributed by atoms with Gasteiger partial charge in [0.15, 0.2) is 0 Å². The quantitative estimate of drug-likeness (QED) is 0.399. The van der Waals surface area contributed by atoms with Gasteiger partial charge in [0.2, 0.25) is 0 Å². The van der Waals surface area contributed by atoms with E-state index in [2.05, 4.69) is 22.4 Å². The van der Waals surface area contributed by atoms with Crippen LogP contribution in [0.15, 0.2) is 64.3 Å². The van der Waals surface area contributed by atoms with Crippen molar-refractivity contribution < 1.29 is 24.2 Å². The van der Waals surface area contributed by atoms with E-state index in [-0.39, 0.29) is 30.5 Å². The van der Waals surface area contributed by atoms with E-state index in [4.69, 9.17) is 14.6 Å². The molecule has 2 aromatic carbocycles. The number of nitrogens with one attached hydrogen (secondary N) is 2. The normalized spacial score (nSPS) is 20.1. The number of carboxylic acids is 1. The molecular weight excluding hydrogens is 510 g/mol. The summed E-state index contributed by atoms with van der Waals surface area (Å²) in [5.74, 6) is -0.892. The molecule has 5 rings (SSSR count). The third-order valence-corrected chi connectivity index (χ3v) is 7.86. The molecule has 1 aliphatic heterocycles. The van der Waals surface area contributed by atoms with E-state index in [1.165, 1.54) is 10.8 Å². The van der Waals surface area contributed by atoms with Crippen LogP contribution in [-0.4, -0.2) is 57.0 Å². The number of amides is 1. The topological polar surface area (TPSA) is 140 Å². The van der Waals surface area contributed by atoms with Crippen LogP contribution in [-0.2, 0) is 14.3 Å². The molecule has 1 saturated heterocycles. The third kappa shape index (κ3) is 5.25. The van der Waals surface area contributed by atoms with Gasteiger partial charge in [0.25, 0.3) is 5.56 Å². The number of aryl methyl sites for hydroxylation is 1. The van der Waals surface area contributed by atoms with Gasteiger partial charge in [-0.05, 0) is 29.2 Å². The van der Waals surface area contributed by atoms with E-state index in [1.807, 2.05) is 36.4 Å². The number of hydrogen-bond acceptors (Lipinski definition) is 7. The summed E-state index contributed by atoms with van der Waals surface area (Å²) in [6, 6.07) is 15.6. The van der Waals surface area contributed by atoms with Crippen LogP contribution < -0.4 is 16.6 Å². The number of alkyl carbamates (subject to hydrolysis) is 1. The van der Waals surface area contributed by atoms with E-state index in [1.54, 1.807) is 6.92 Å². The molecule has 38 heavy (non-hydrogen) atoms. The van der Waals surface area contributed by atoms with Gasteiger partial charge in [-0.1, -0.05) is 48.5 Å². The number of thioether (sulfide) groups is 1. The third-order valence-electron chi connectivity index (χ3n) is 6.85. The maximum Gasteiger partial charge on any atom is 0.407 e. The molecule has 2 heterocycles. The smallest absolute Gasteiger partial charge is 0.407 e. The standard InChI is InChI=1S/C27H27N3O7S/c1-15-11-30(26(34)29-25(15)33)23-10-21(22(37-23)13-38-14-24(31)32)28-27(35)36-12-20-18-8-4-2-6-16(18)17-7-3-5-9-19(17)20/h2-9,11,20-23H,10,12-14H2,1H3,(H,28,35)(H,31,32)(H,29,33,34)/t21-,22+,23+/m0/s1. The predicted octanol–water partition coefficient (Wildman–Crippen LogP) is 2.86. The van der Waals surface area contributed by atoms with Gasteiger partial charge in [0.05, 0.1) is 17.9 Å². The number of nitrogens with zero attached hydrogens (tertiary/aromatic N) is 1. The Kier molecular flexibility index (Phi) is 7.39. The summed E-state index contributed by atoms with van der Waals surface area (Å²) in [7, 11) is 0. The zero-order chi connectivity index (χ0) is 26.8. The first kappa shape index (κ1) is 25.8. The number of carbonyl (C=O) groups excluding carboxylic acids is 1. The molecule has 0 unspecified atom stereocenters. The van der Waals surface area contributed by atoms with Crippen molar-refractivity contribution in [3.05, 3.63) is 92.3 Å². The summed E-state index contributed by atoms with van der Waals surface area (Å²) in [6.07, 6.45) is -0.271. The van der Waals surface area contributed by atoms with Crippen molar-refractivity contribution in [3.8, 4) is 11.1 Å². The number of aliphatic carboxylic acids is 1. The molecule has 1 fully saturated rings. The lowest BCUT2D eigenvalue weighted by Crippen LogP contribution is -2.42. The number of aromatic amines is 1. The summed E-state index contributed by atoms with van der Waals surface area (Å²) in [6.45, 7) is 1.73. The summed E-state index contributed by atoms with van der Waals surface area (Å²) in [5, 5.41) is 11.9. The van der Waals surface area contributed by atoms with Crippen LogP contribution in [0.3, 0.4) is 0 Å². The molecule has 198 valence electrons. The Hall–Kier alpha value is -3.83. The van der Waals surface area contributed by atoms with E-state index in [0.29, 0.717) is 5.56 Å². The summed E-state index contributed by atoms with van der Waals surface area (Å²) in [4.78, 5) is 50.3. The Bertz CT molecular complexity index is 1440. The second-order valence-electron chi connectivity index (χ2n) is 9.33. The van der Waals surface area contributed by atoms with Crippen molar-refractivity contribution >= 4 is 23.8 Å². The number of carbonyl (C=O) groups is 2. The van der Waals surface area contributed by atoms with Gasteiger partial charge in [0.1, 0.15) is 12.8 Å². The van der Waals surface area contributed by atoms with Crippen molar-refractivity contribution in [3.63, 3.8) is 0 Å². The number of rotatable bonds is 8. The number of carboxylic acid groups (broad SMARTS) is 1. The highest BCUT2D eigenvalue weighted by molar-refractivity contribution is 7.99. The van der Waals surface area contributed by atoms with Gasteiger partial charge in [-0.25, -0.2) is 9.59 Å². The first-order valence-electron chi connectivity index (χ1n) is 12.2. The highest BCUT2D eigenvalue weighted by Gasteiger charge is 2.38. The summed E-state index contributed by atoms with van der Waals surface area (Å²) < 4.78 is 13.0. The highest BCUT2D eigenvalue weighted by Crippen LogP contribution is 2.44. The fourth-order valence-corrected chi connectivity index (χ4v) is 5.90. The van der Waals surface area contributed by atoms with Crippen molar-refractivity contribution in [1.82, 2.24) is 14.9 Å². The van der Waals surface area contributed by atoms with Crippen molar-refractivity contribution in [2.45, 2.75) is 37.6 Å². The molecule has 10 nitrogen and oxygen atoms in total. The van der Waals surface area contributed by atoms with Crippen LogP contribution in [0.5, 0.6) is 0 Å². The van der Waals surface area contributed by atoms with Crippen molar-refractivity contribution in [2.24, 2.45) is 0 Å². The molecule has 3 atom stereocenters. The molecule has 3 N–H and O–H groups in total. The minimum atomic E-state index is -0.960. The van der Waals surface area contributed by atoms with Crippen LogP contribution in [0, 0.1) is 6.92 Å². The molecule has 1 amide bonds. The molecule has 0 saturated carbocycles. The maximum atomic E-state index is 12.9. The number of aromatic nitrogens is 2. The lowest BCUT2D eigenvalue weighted by molar-refractivity contribution is -0.133. The molecule has 1 aromatic heterocycles. The molecule has 1 aliphatic carbocycles. The average Bonchev–Trinajstić information content (AvgIpc) is 3.43. The van der Waals surface area contributed by atoms with Gasteiger partial charge in [-0.2, -0.15) is 0 Å². The molecule has 0 bridgehead atoms. The first-order valence-corrected chi connectivity index (χ1v) is 13.4. The number of ether oxygens (including phenoxy) is 2. The zero-order valence-corrected chi connectivity index (χ0v) is 21.4. The number of hydrogen-bond donors (Lipinski definition) is 3. The number of benzene rings is 2. The lowest BCUT2D eigenvalue weighted by atomic mass is 9.98. The molecule has 2 aliphatic rings. The Labute approximate surface area is 222 Å². The fraction of sp³-hybridized carbons (Fsp3) is 0.333. The Balaban J connectivity index is 1.28.